The Balaban J connectivity index is -0.0000000551. The Morgan fingerprint density at radius 2 is 0.500 bits per heavy atom. The predicted molar refractivity (Wildman–Crippen MR) is 121 cm³/mol. The van der Waals surface area contributed by atoms with Gasteiger partial charge in [-0.25, -0.2) is 18.3 Å². The van der Waals surface area contributed by atoms with Gasteiger partial charge in [-0.15, -0.1) is 0 Å². The first-order valence-corrected chi connectivity index (χ1v) is 17.3. The molecule has 0 heterocycles. The van der Waals surface area contributed by atoms with Gasteiger partial charge in [0.05, 0.1) is 25.0 Å². The van der Waals surface area contributed by atoms with Crippen LogP contribution in [0.2, 0.25) is 0 Å². The first kappa shape index (κ1) is 62.5. The summed E-state index contributed by atoms with van der Waals surface area (Å²) in [6.07, 6.45) is 3.41. The minimum absolute atomic E-state index is 0. The fourth-order valence-corrected chi connectivity index (χ4v) is 4.13. The first-order chi connectivity index (χ1) is 16.7. The van der Waals surface area contributed by atoms with Crippen LogP contribution < -0.4 is 138 Å². The number of rotatable bonds is 16. The third-order valence-corrected chi connectivity index (χ3v) is 8.15. The summed E-state index contributed by atoms with van der Waals surface area (Å²) in [6.45, 7) is 12.2. The van der Waals surface area contributed by atoms with Crippen LogP contribution in [0.25, 0.3) is 0 Å². The van der Waals surface area contributed by atoms with Crippen LogP contribution in [-0.2, 0) is 71.9 Å². The van der Waals surface area contributed by atoms with E-state index >= 15 is 0 Å². The zero-order chi connectivity index (χ0) is 29.1. The molecule has 0 aromatic heterocycles. The molecular weight excluding hydrogens is 756 g/mol. The first-order valence-electron chi connectivity index (χ1n) is 7.47. The zero-order valence-electron chi connectivity index (χ0n) is 21.3. The molecule has 0 amide bonds. The van der Waals surface area contributed by atoms with E-state index in [4.69, 9.17) is 0 Å². The topological polar surface area (TPSA) is 303 Å². The summed E-state index contributed by atoms with van der Waals surface area (Å²) in [5.74, 6) is 0. The normalized spacial score (nSPS) is 14.5. The summed E-state index contributed by atoms with van der Waals surface area (Å²) in [5.41, 5.74) is 0. The molecule has 0 aliphatic carbocycles. The van der Waals surface area contributed by atoms with Crippen molar-refractivity contribution in [2.24, 2.45) is 0 Å². The molecule has 40 heavy (non-hydrogen) atoms. The van der Waals surface area contributed by atoms with Gasteiger partial charge in [0.1, 0.15) is 33.0 Å². The Labute approximate surface area is 322 Å². The molecule has 32 heteroatoms. The van der Waals surface area contributed by atoms with E-state index in [0.717, 1.165) is 25.0 Å². The molecule has 0 saturated carbocycles. The third kappa shape index (κ3) is 68.7. The van der Waals surface area contributed by atoms with Crippen LogP contribution in [0, 0.1) is 0 Å². The van der Waals surface area contributed by atoms with Gasteiger partial charge >= 0.3 is 151 Å². The van der Waals surface area contributed by atoms with E-state index in [1.54, 1.807) is 0 Å². The maximum atomic E-state index is 10.1. The minimum Gasteiger partial charge on any atom is -0.780 e. The van der Waals surface area contributed by atoms with E-state index in [9.17, 15) is 56.1 Å². The van der Waals surface area contributed by atoms with E-state index in [2.05, 4.69) is 61.7 Å². The summed E-state index contributed by atoms with van der Waals surface area (Å²) in [4.78, 5) is 38.6. The summed E-state index contributed by atoms with van der Waals surface area (Å²) in [7, 11) is -25.1. The molecule has 20 nitrogen and oxygen atoms in total. The van der Waals surface area contributed by atoms with Crippen molar-refractivity contribution in [2.45, 2.75) is 0 Å². The summed E-state index contributed by atoms with van der Waals surface area (Å²) in [6, 6.07) is 0. The Morgan fingerprint density at radius 3 is 0.575 bits per heavy atom. The van der Waals surface area contributed by atoms with Gasteiger partial charge in [-0.05, 0) is 0 Å². The monoisotopic (exact) mass is 776 g/mol. The Bertz CT molecular complexity index is 722. The molecule has 0 aromatic rings. The van der Waals surface area contributed by atoms with Crippen LogP contribution in [0.15, 0.2) is 51.4 Å². The van der Waals surface area contributed by atoms with Gasteiger partial charge < -0.3 is 55.9 Å². The summed E-state index contributed by atoms with van der Waals surface area (Å²) in [5, 5.41) is 0. The predicted octanol–water partition coefficient (Wildman–Crippen LogP) is -10.8. The molecule has 0 aliphatic rings. The van der Waals surface area contributed by atoms with E-state index < -0.39 is 66.0 Å². The standard InChI is InChI=1S/4C2H6O5P2.4Na/c4*1-2-6-9(5)7-8(3)4;;;;/h4*2,8-9H,1H2,(H,3,4);;;;/q;;;;4*+1/p-4. The molecule has 0 rings (SSSR count). The van der Waals surface area contributed by atoms with Crippen molar-refractivity contribution in [1.82, 2.24) is 0 Å². The maximum Gasteiger partial charge on any atom is 1.00 e. The van der Waals surface area contributed by atoms with Crippen molar-refractivity contribution in [3.63, 3.8) is 0 Å². The Morgan fingerprint density at radius 1 is 0.375 bits per heavy atom. The molecule has 0 spiro atoms. The molecule has 216 valence electrons. The van der Waals surface area contributed by atoms with Crippen molar-refractivity contribution in [2.75, 3.05) is 0 Å². The van der Waals surface area contributed by atoms with Crippen LogP contribution in [0.5, 0.6) is 0 Å². The van der Waals surface area contributed by atoms with E-state index in [-0.39, 0.29) is 118 Å². The number of hydrogen-bond donors (Lipinski definition) is 0. The Kier molecular flexibility index (Phi) is 73.6. The minimum atomic E-state index is -3.40. The fraction of sp³-hybridized carbons (Fsp3) is 0. The molecule has 0 fully saturated rings. The summed E-state index contributed by atoms with van der Waals surface area (Å²) < 4.78 is 110. The molecule has 0 saturated heterocycles. The fourth-order valence-electron chi connectivity index (χ4n) is 0.641. The second-order valence-corrected chi connectivity index (χ2v) is 11.8. The summed E-state index contributed by atoms with van der Waals surface area (Å²) >= 11 is 0. The molecule has 0 aliphatic heterocycles. The second-order valence-electron chi connectivity index (χ2n) is 3.55. The average Bonchev–Trinajstić information content (AvgIpc) is 2.68. The SMILES string of the molecule is C=CO[PH](=O)O[PH](=O)[O-].C=CO[PH](=O)O[PH](=O)[O-].C=CO[PH](=O)O[PH](=O)[O-].C=CO[PH](=O)O[PH](=O)[O-].[Na+].[Na+].[Na+].[Na+]. The van der Waals surface area contributed by atoms with E-state index in [1.807, 2.05) is 0 Å². The van der Waals surface area contributed by atoms with Gasteiger partial charge in [0.25, 0.3) is 0 Å². The van der Waals surface area contributed by atoms with Crippen molar-refractivity contribution in [3.8, 4) is 0 Å². The molecule has 0 bridgehead atoms. The number of hydrogen-bond acceptors (Lipinski definition) is 20. The molecule has 8 atom stereocenters. The van der Waals surface area contributed by atoms with Gasteiger partial charge in [0, 0.05) is 0 Å². The van der Waals surface area contributed by atoms with Gasteiger partial charge in [0.2, 0.25) is 0 Å². The van der Waals surface area contributed by atoms with Crippen LogP contribution in [0.1, 0.15) is 0 Å². The Hall–Kier alpha value is 3.68. The largest absolute Gasteiger partial charge is 1.00 e. The maximum absolute atomic E-state index is 10.1. The van der Waals surface area contributed by atoms with Gasteiger partial charge in [-0.2, -0.15) is 0 Å². The smallest absolute Gasteiger partial charge is 0.780 e. The zero-order valence-corrected chi connectivity index (χ0v) is 37.3. The molecule has 0 aromatic carbocycles. The molecule has 8 unspecified atom stereocenters. The van der Waals surface area contributed by atoms with Crippen LogP contribution in [0.3, 0.4) is 0 Å². The van der Waals surface area contributed by atoms with Crippen molar-refractivity contribution < 1.29 is 210 Å². The van der Waals surface area contributed by atoms with E-state index in [0.29, 0.717) is 0 Å². The van der Waals surface area contributed by atoms with Crippen LogP contribution in [0.4, 0.5) is 0 Å². The van der Waals surface area contributed by atoms with Gasteiger partial charge in [-0.1, -0.05) is 26.3 Å². The van der Waals surface area contributed by atoms with Crippen LogP contribution in [-0.4, -0.2) is 0 Å². The van der Waals surface area contributed by atoms with Gasteiger partial charge in [0.15, 0.2) is 0 Å². The van der Waals surface area contributed by atoms with Gasteiger partial charge in [-0.3, -0.25) is 17.2 Å². The third-order valence-electron chi connectivity index (χ3n) is 1.38. The van der Waals surface area contributed by atoms with Crippen LogP contribution >= 0.6 is 66.0 Å². The molecule has 0 N–H and O–H groups in total. The van der Waals surface area contributed by atoms with E-state index in [1.165, 1.54) is 0 Å². The second kappa shape index (κ2) is 47.1. The van der Waals surface area contributed by atoms with Crippen molar-refractivity contribution in [1.29, 1.82) is 0 Å². The molecule has 0 radical (unpaired) electrons. The molecular formula is C8H20Na4O20P8. The van der Waals surface area contributed by atoms with Crippen molar-refractivity contribution >= 4 is 66.0 Å². The quantitative estimate of drug-likeness (QED) is 0.0798. The van der Waals surface area contributed by atoms with Crippen molar-refractivity contribution in [3.05, 3.63) is 51.4 Å². The average molecular weight is 776 g/mol.